The molecule has 4 nitrogen and oxygen atoms in total. The molecule has 0 amide bonds. The van der Waals surface area contributed by atoms with E-state index in [2.05, 4.69) is 12.2 Å². The van der Waals surface area contributed by atoms with E-state index < -0.39 is 18.3 Å². The molecule has 0 aromatic carbocycles. The third-order valence-electron chi connectivity index (χ3n) is 2.84. The van der Waals surface area contributed by atoms with Crippen LogP contribution in [0.15, 0.2) is 0 Å². The lowest BCUT2D eigenvalue weighted by Gasteiger charge is -2.19. The molecule has 0 radical (unpaired) electrons. The fourth-order valence-corrected chi connectivity index (χ4v) is 1.85. The molecule has 84 valence electrons. The summed E-state index contributed by atoms with van der Waals surface area (Å²) >= 11 is 0. The Balaban J connectivity index is 2.41. The quantitative estimate of drug-likeness (QED) is 0.504. The first-order valence-electron chi connectivity index (χ1n) is 5.42. The average molecular weight is 203 g/mol. The summed E-state index contributed by atoms with van der Waals surface area (Å²) in [6.07, 6.45) is 1.09. The van der Waals surface area contributed by atoms with Gasteiger partial charge in [-0.2, -0.15) is 0 Å². The van der Waals surface area contributed by atoms with Gasteiger partial charge in [-0.3, -0.25) is 0 Å². The van der Waals surface area contributed by atoms with Gasteiger partial charge in [-0.15, -0.1) is 0 Å². The standard InChI is InChI=1S/C10H21NO3/c1-2-3-4-7-5-8(12)10(14)9(13)6-11-7/h7-14H,2-6H2,1H3/t7-,8+,9-,10+/m0/s1. The number of unbranched alkanes of at least 4 members (excludes halogenated alkanes) is 1. The zero-order chi connectivity index (χ0) is 10.6. The number of rotatable bonds is 3. The molecule has 1 aliphatic heterocycles. The SMILES string of the molecule is CCCC[C@H]1C[C@@H](O)[C@@H](O)[C@@H](O)CN1. The van der Waals surface area contributed by atoms with Crippen molar-refractivity contribution in [3.63, 3.8) is 0 Å². The summed E-state index contributed by atoms with van der Waals surface area (Å²) in [6, 6.07) is 0.219. The van der Waals surface area contributed by atoms with Crippen molar-refractivity contribution in [2.75, 3.05) is 6.54 Å². The lowest BCUT2D eigenvalue weighted by molar-refractivity contribution is -0.0513. The first kappa shape index (κ1) is 11.9. The molecule has 1 rings (SSSR count). The maximum absolute atomic E-state index is 9.55. The molecule has 0 bridgehead atoms. The van der Waals surface area contributed by atoms with Gasteiger partial charge in [0.1, 0.15) is 6.10 Å². The van der Waals surface area contributed by atoms with Crippen LogP contribution < -0.4 is 5.32 Å². The molecular weight excluding hydrogens is 182 g/mol. The lowest BCUT2D eigenvalue weighted by atomic mass is 10.0. The molecule has 4 N–H and O–H groups in total. The Morgan fingerprint density at radius 2 is 1.93 bits per heavy atom. The fraction of sp³-hybridized carbons (Fsp3) is 1.00. The van der Waals surface area contributed by atoms with Crippen LogP contribution in [-0.2, 0) is 0 Å². The van der Waals surface area contributed by atoms with Crippen molar-refractivity contribution in [2.24, 2.45) is 0 Å². The van der Waals surface area contributed by atoms with Crippen LogP contribution in [0, 0.1) is 0 Å². The molecule has 4 heteroatoms. The predicted octanol–water partition coefficient (Wildman–Crippen LogP) is -0.379. The summed E-state index contributed by atoms with van der Waals surface area (Å²) in [4.78, 5) is 0. The summed E-state index contributed by atoms with van der Waals surface area (Å²) in [5, 5.41) is 31.5. The third-order valence-corrected chi connectivity index (χ3v) is 2.84. The summed E-state index contributed by atoms with van der Waals surface area (Å²) in [5.74, 6) is 0. The van der Waals surface area contributed by atoms with Gasteiger partial charge in [0.25, 0.3) is 0 Å². The zero-order valence-electron chi connectivity index (χ0n) is 8.69. The van der Waals surface area contributed by atoms with Gasteiger partial charge in [-0.1, -0.05) is 19.8 Å². The normalized spacial score (nSPS) is 39.4. The minimum atomic E-state index is -1.01. The van der Waals surface area contributed by atoms with Crippen LogP contribution in [0.5, 0.6) is 0 Å². The number of aliphatic hydroxyl groups is 3. The molecule has 0 spiro atoms. The molecule has 1 aliphatic rings. The van der Waals surface area contributed by atoms with Crippen molar-refractivity contribution >= 4 is 0 Å². The van der Waals surface area contributed by atoms with Crippen LogP contribution in [0.25, 0.3) is 0 Å². The number of nitrogens with one attached hydrogen (secondary N) is 1. The van der Waals surface area contributed by atoms with E-state index in [1.807, 2.05) is 0 Å². The maximum atomic E-state index is 9.55. The summed E-state index contributed by atoms with van der Waals surface area (Å²) in [7, 11) is 0. The molecule has 0 aliphatic carbocycles. The second kappa shape index (κ2) is 5.66. The Kier molecular flexibility index (Phi) is 4.81. The van der Waals surface area contributed by atoms with Crippen molar-refractivity contribution in [1.82, 2.24) is 5.32 Å². The second-order valence-corrected chi connectivity index (χ2v) is 4.11. The topological polar surface area (TPSA) is 72.7 Å². The van der Waals surface area contributed by atoms with E-state index >= 15 is 0 Å². The summed E-state index contributed by atoms with van der Waals surface area (Å²) < 4.78 is 0. The van der Waals surface area contributed by atoms with Crippen molar-refractivity contribution in [1.29, 1.82) is 0 Å². The minimum Gasteiger partial charge on any atom is -0.390 e. The number of β-amino-alcohol motifs (C(OH)–C–C–N with tert-alkyl or cyclic N) is 1. The van der Waals surface area contributed by atoms with Gasteiger partial charge in [0.05, 0.1) is 12.2 Å². The second-order valence-electron chi connectivity index (χ2n) is 4.11. The highest BCUT2D eigenvalue weighted by atomic mass is 16.4. The molecule has 0 aromatic rings. The first-order chi connectivity index (χ1) is 6.65. The van der Waals surface area contributed by atoms with Crippen LogP contribution in [0.1, 0.15) is 32.6 Å². The monoisotopic (exact) mass is 203 g/mol. The van der Waals surface area contributed by atoms with Gasteiger partial charge in [0.15, 0.2) is 0 Å². The Bertz CT molecular complexity index is 165. The third kappa shape index (κ3) is 3.20. The highest BCUT2D eigenvalue weighted by molar-refractivity contribution is 4.86. The van der Waals surface area contributed by atoms with E-state index in [0.29, 0.717) is 13.0 Å². The Labute approximate surface area is 85.0 Å². The van der Waals surface area contributed by atoms with Crippen molar-refractivity contribution in [2.45, 2.75) is 57.0 Å². The van der Waals surface area contributed by atoms with Crippen molar-refractivity contribution in [3.05, 3.63) is 0 Å². The molecule has 1 fully saturated rings. The molecular formula is C10H21NO3. The van der Waals surface area contributed by atoms with Gasteiger partial charge >= 0.3 is 0 Å². The van der Waals surface area contributed by atoms with Gasteiger partial charge in [0, 0.05) is 12.6 Å². The minimum absolute atomic E-state index is 0.219. The number of aliphatic hydroxyl groups excluding tert-OH is 3. The van der Waals surface area contributed by atoms with E-state index in [9.17, 15) is 15.3 Å². The molecule has 1 saturated heterocycles. The Morgan fingerprint density at radius 3 is 2.57 bits per heavy atom. The first-order valence-corrected chi connectivity index (χ1v) is 5.42. The van der Waals surface area contributed by atoms with Gasteiger partial charge in [-0.05, 0) is 12.8 Å². The molecule has 0 aromatic heterocycles. The van der Waals surface area contributed by atoms with Crippen LogP contribution in [0.3, 0.4) is 0 Å². The molecule has 0 unspecified atom stereocenters. The maximum Gasteiger partial charge on any atom is 0.107 e. The summed E-state index contributed by atoms with van der Waals surface area (Å²) in [6.45, 7) is 2.49. The molecule has 14 heavy (non-hydrogen) atoms. The highest BCUT2D eigenvalue weighted by Gasteiger charge is 2.30. The van der Waals surface area contributed by atoms with Crippen molar-refractivity contribution in [3.8, 4) is 0 Å². The van der Waals surface area contributed by atoms with E-state index in [-0.39, 0.29) is 6.04 Å². The van der Waals surface area contributed by atoms with Crippen LogP contribution in [0.4, 0.5) is 0 Å². The Hall–Kier alpha value is -0.160. The van der Waals surface area contributed by atoms with Crippen LogP contribution in [-0.4, -0.2) is 46.2 Å². The van der Waals surface area contributed by atoms with Gasteiger partial charge in [0.2, 0.25) is 0 Å². The number of hydrogen-bond donors (Lipinski definition) is 4. The Morgan fingerprint density at radius 1 is 1.21 bits per heavy atom. The average Bonchev–Trinajstić information content (AvgIpc) is 2.29. The van der Waals surface area contributed by atoms with Gasteiger partial charge in [-0.25, -0.2) is 0 Å². The largest absolute Gasteiger partial charge is 0.390 e. The van der Waals surface area contributed by atoms with E-state index in [1.54, 1.807) is 0 Å². The molecule has 4 atom stereocenters. The smallest absolute Gasteiger partial charge is 0.107 e. The summed E-state index contributed by atoms with van der Waals surface area (Å²) in [5.41, 5.74) is 0. The lowest BCUT2D eigenvalue weighted by Crippen LogP contribution is -2.39. The van der Waals surface area contributed by atoms with Crippen LogP contribution >= 0.6 is 0 Å². The predicted molar refractivity (Wildman–Crippen MR) is 54.0 cm³/mol. The molecule has 0 saturated carbocycles. The van der Waals surface area contributed by atoms with Crippen LogP contribution in [0.2, 0.25) is 0 Å². The number of hydrogen-bond acceptors (Lipinski definition) is 4. The van der Waals surface area contributed by atoms with E-state index in [4.69, 9.17) is 0 Å². The zero-order valence-corrected chi connectivity index (χ0v) is 8.69. The molecule has 1 heterocycles. The highest BCUT2D eigenvalue weighted by Crippen LogP contribution is 2.15. The fourth-order valence-electron chi connectivity index (χ4n) is 1.85. The van der Waals surface area contributed by atoms with Crippen molar-refractivity contribution < 1.29 is 15.3 Å². The van der Waals surface area contributed by atoms with E-state index in [0.717, 1.165) is 19.3 Å². The van der Waals surface area contributed by atoms with Gasteiger partial charge < -0.3 is 20.6 Å². The van der Waals surface area contributed by atoms with E-state index in [1.165, 1.54) is 0 Å².